The Kier molecular flexibility index (Phi) is 5.69. The number of rotatable bonds is 2. The molecule has 0 bridgehead atoms. The average molecular weight is 114 g/mol. The lowest BCUT2D eigenvalue weighted by Gasteiger charge is -1.70. The molecule has 0 radical (unpaired) electrons. The van der Waals surface area contributed by atoms with Gasteiger partial charge in [-0.3, -0.25) is 0 Å². The van der Waals surface area contributed by atoms with Gasteiger partial charge in [0.1, 0.15) is 0 Å². The molecule has 0 fully saturated rings. The zero-order valence-corrected chi connectivity index (χ0v) is 5.53. The van der Waals surface area contributed by atoms with Crippen molar-refractivity contribution in [1.29, 1.82) is 0 Å². The van der Waals surface area contributed by atoms with Crippen LogP contribution >= 0.6 is 11.8 Å². The number of allylic oxidation sites excluding steroid dienone is 3. The van der Waals surface area contributed by atoms with E-state index in [-0.39, 0.29) is 0 Å². The van der Waals surface area contributed by atoms with E-state index in [4.69, 9.17) is 0 Å². The van der Waals surface area contributed by atoms with Gasteiger partial charge >= 0.3 is 0 Å². The van der Waals surface area contributed by atoms with Crippen molar-refractivity contribution >= 4 is 11.8 Å². The van der Waals surface area contributed by atoms with Crippen LogP contribution in [-0.4, -0.2) is 6.26 Å². The minimum Gasteiger partial charge on any atom is -0.138 e. The standard InChI is InChI=1S/C6H10S/c1-3-4-5-6-7-2/h3-6H,1-2H3/b4-3-,6-5-. The SMILES string of the molecule is C/C=C\C=C/SC. The summed E-state index contributed by atoms with van der Waals surface area (Å²) in [6.45, 7) is 2.00. The quantitative estimate of drug-likeness (QED) is 0.497. The molecule has 0 aromatic heterocycles. The third kappa shape index (κ3) is 5.83. The Balaban J connectivity index is 3.09. The van der Waals surface area contributed by atoms with Crippen molar-refractivity contribution in [2.45, 2.75) is 6.92 Å². The molecule has 0 aromatic carbocycles. The molecule has 0 aliphatic carbocycles. The summed E-state index contributed by atoms with van der Waals surface area (Å²) in [5, 5.41) is 2.04. The molecule has 0 amide bonds. The molecule has 0 saturated carbocycles. The van der Waals surface area contributed by atoms with Crippen molar-refractivity contribution in [1.82, 2.24) is 0 Å². The van der Waals surface area contributed by atoms with Crippen LogP contribution in [0.5, 0.6) is 0 Å². The Morgan fingerprint density at radius 2 is 2.00 bits per heavy atom. The summed E-state index contributed by atoms with van der Waals surface area (Å²) in [7, 11) is 0. The van der Waals surface area contributed by atoms with E-state index in [1.807, 2.05) is 36.8 Å². The van der Waals surface area contributed by atoms with Gasteiger partial charge in [0.05, 0.1) is 0 Å². The maximum Gasteiger partial charge on any atom is -0.0142 e. The van der Waals surface area contributed by atoms with E-state index in [1.165, 1.54) is 0 Å². The molecule has 0 atom stereocenters. The molecule has 0 N–H and O–H groups in total. The molecule has 0 nitrogen and oxygen atoms in total. The molecule has 0 unspecified atom stereocenters. The van der Waals surface area contributed by atoms with Crippen LogP contribution in [0.25, 0.3) is 0 Å². The molecular formula is C6H10S. The van der Waals surface area contributed by atoms with Crippen LogP contribution in [0.1, 0.15) is 6.92 Å². The molecule has 0 aliphatic heterocycles. The highest BCUT2D eigenvalue weighted by molar-refractivity contribution is 8.01. The van der Waals surface area contributed by atoms with E-state index >= 15 is 0 Å². The minimum atomic E-state index is 1.71. The largest absolute Gasteiger partial charge is 0.138 e. The lowest BCUT2D eigenvalue weighted by atomic mass is 10.5. The van der Waals surface area contributed by atoms with E-state index in [9.17, 15) is 0 Å². The third-order valence-electron chi connectivity index (χ3n) is 0.518. The highest BCUT2D eigenvalue weighted by Gasteiger charge is 1.57. The van der Waals surface area contributed by atoms with E-state index in [0.717, 1.165) is 0 Å². The van der Waals surface area contributed by atoms with Gasteiger partial charge in [0.15, 0.2) is 0 Å². The summed E-state index contributed by atoms with van der Waals surface area (Å²) >= 11 is 1.71. The molecular weight excluding hydrogens is 104 g/mol. The lowest BCUT2D eigenvalue weighted by molar-refractivity contribution is 1.74. The molecule has 0 rings (SSSR count). The fourth-order valence-electron chi connectivity index (χ4n) is 0.235. The average Bonchev–Trinajstić information content (AvgIpc) is 1.69. The van der Waals surface area contributed by atoms with Crippen LogP contribution in [-0.2, 0) is 0 Å². The predicted octanol–water partition coefficient (Wildman–Crippen LogP) is 2.44. The second-order valence-electron chi connectivity index (χ2n) is 1.09. The van der Waals surface area contributed by atoms with Gasteiger partial charge < -0.3 is 0 Å². The molecule has 0 saturated heterocycles. The van der Waals surface area contributed by atoms with Crippen LogP contribution in [0.15, 0.2) is 23.6 Å². The molecule has 0 heterocycles. The second kappa shape index (κ2) is 5.83. The van der Waals surface area contributed by atoms with Gasteiger partial charge in [-0.05, 0) is 18.6 Å². The van der Waals surface area contributed by atoms with Crippen molar-refractivity contribution < 1.29 is 0 Å². The first-order chi connectivity index (χ1) is 3.41. The van der Waals surface area contributed by atoms with Crippen LogP contribution in [0, 0.1) is 0 Å². The van der Waals surface area contributed by atoms with Crippen molar-refractivity contribution in [2.24, 2.45) is 0 Å². The molecule has 7 heavy (non-hydrogen) atoms. The van der Waals surface area contributed by atoms with Crippen molar-refractivity contribution in [3.8, 4) is 0 Å². The smallest absolute Gasteiger partial charge is 0.0142 e. The molecule has 0 spiro atoms. The van der Waals surface area contributed by atoms with Crippen LogP contribution in [0.3, 0.4) is 0 Å². The van der Waals surface area contributed by atoms with E-state index in [2.05, 4.69) is 0 Å². The van der Waals surface area contributed by atoms with E-state index in [1.54, 1.807) is 11.8 Å². The molecule has 0 aliphatic rings. The number of thioether (sulfide) groups is 1. The summed E-state index contributed by atoms with van der Waals surface area (Å²) in [5.41, 5.74) is 0. The van der Waals surface area contributed by atoms with Crippen molar-refractivity contribution in [3.05, 3.63) is 23.6 Å². The Labute approximate surface area is 49.3 Å². The van der Waals surface area contributed by atoms with Gasteiger partial charge in [-0.25, -0.2) is 0 Å². The second-order valence-corrected chi connectivity index (χ2v) is 1.83. The highest BCUT2D eigenvalue weighted by atomic mass is 32.2. The van der Waals surface area contributed by atoms with Crippen LogP contribution in [0.2, 0.25) is 0 Å². The number of hydrogen-bond donors (Lipinski definition) is 0. The topological polar surface area (TPSA) is 0 Å². The molecule has 40 valence electrons. The van der Waals surface area contributed by atoms with Gasteiger partial charge in [-0.1, -0.05) is 18.2 Å². The zero-order valence-electron chi connectivity index (χ0n) is 4.72. The van der Waals surface area contributed by atoms with Crippen molar-refractivity contribution in [3.63, 3.8) is 0 Å². The fourth-order valence-corrected chi connectivity index (χ4v) is 0.483. The Bertz CT molecular complexity index is 72.2. The summed E-state index contributed by atoms with van der Waals surface area (Å²) in [4.78, 5) is 0. The molecule has 1 heteroatoms. The normalized spacial score (nSPS) is 11.7. The first kappa shape index (κ1) is 6.83. The minimum absolute atomic E-state index is 1.71. The Morgan fingerprint density at radius 3 is 2.43 bits per heavy atom. The van der Waals surface area contributed by atoms with Gasteiger partial charge in [-0.15, -0.1) is 11.8 Å². The zero-order chi connectivity index (χ0) is 5.54. The summed E-state index contributed by atoms with van der Waals surface area (Å²) in [6, 6.07) is 0. The Morgan fingerprint density at radius 1 is 1.29 bits per heavy atom. The summed E-state index contributed by atoms with van der Waals surface area (Å²) < 4.78 is 0. The lowest BCUT2D eigenvalue weighted by Crippen LogP contribution is -1.43. The van der Waals surface area contributed by atoms with Gasteiger partial charge in [0.25, 0.3) is 0 Å². The van der Waals surface area contributed by atoms with Crippen LogP contribution in [0.4, 0.5) is 0 Å². The highest BCUT2D eigenvalue weighted by Crippen LogP contribution is 1.92. The monoisotopic (exact) mass is 114 g/mol. The fraction of sp³-hybridized carbons (Fsp3) is 0.333. The van der Waals surface area contributed by atoms with Crippen LogP contribution < -0.4 is 0 Å². The maximum atomic E-state index is 2.04. The van der Waals surface area contributed by atoms with Crippen molar-refractivity contribution in [2.75, 3.05) is 6.26 Å². The maximum absolute atomic E-state index is 2.04. The predicted molar refractivity (Wildman–Crippen MR) is 37.5 cm³/mol. The first-order valence-electron chi connectivity index (χ1n) is 2.22. The van der Waals surface area contributed by atoms with Gasteiger partial charge in [0, 0.05) is 0 Å². The van der Waals surface area contributed by atoms with Gasteiger partial charge in [0.2, 0.25) is 0 Å². The summed E-state index contributed by atoms with van der Waals surface area (Å²) in [5.74, 6) is 0. The Hall–Kier alpha value is -0.170. The first-order valence-corrected chi connectivity index (χ1v) is 3.51. The molecule has 0 aromatic rings. The summed E-state index contributed by atoms with van der Waals surface area (Å²) in [6.07, 6.45) is 8.08. The number of hydrogen-bond acceptors (Lipinski definition) is 1. The van der Waals surface area contributed by atoms with E-state index < -0.39 is 0 Å². The third-order valence-corrected chi connectivity index (χ3v) is 0.948. The van der Waals surface area contributed by atoms with Gasteiger partial charge in [-0.2, -0.15) is 0 Å². The van der Waals surface area contributed by atoms with E-state index in [0.29, 0.717) is 0 Å².